The summed E-state index contributed by atoms with van der Waals surface area (Å²) >= 11 is 0. The maximum absolute atomic E-state index is 9.88. The van der Waals surface area contributed by atoms with Crippen LogP contribution in [-0.4, -0.2) is 20.4 Å². The van der Waals surface area contributed by atoms with E-state index in [2.05, 4.69) is 5.10 Å². The number of hydrogen-bond donors (Lipinski definition) is 2. The molecule has 1 unspecified atom stereocenters. The molecule has 0 aromatic carbocycles. The highest BCUT2D eigenvalue weighted by atomic mass is 16.3. The average molecular weight is 195 g/mol. The first-order chi connectivity index (χ1) is 6.50. The minimum atomic E-state index is -0.512. The molecule has 2 rings (SSSR count). The fourth-order valence-electron chi connectivity index (χ4n) is 1.61. The van der Waals surface area contributed by atoms with Gasteiger partial charge in [0.05, 0.1) is 11.8 Å². The lowest BCUT2D eigenvalue weighted by molar-refractivity contribution is 0.149. The smallest absolute Gasteiger partial charge is 0.0995 e. The molecule has 1 heterocycles. The quantitative estimate of drug-likeness (QED) is 0.744. The molecule has 1 fully saturated rings. The van der Waals surface area contributed by atoms with Crippen LogP contribution in [0.15, 0.2) is 6.07 Å². The molecule has 0 spiro atoms. The largest absolute Gasteiger partial charge is 0.387 e. The van der Waals surface area contributed by atoms with Crippen LogP contribution in [0.1, 0.15) is 36.8 Å². The zero-order valence-electron chi connectivity index (χ0n) is 8.70. The summed E-state index contributed by atoms with van der Waals surface area (Å²) in [6.45, 7) is 1.97. The van der Waals surface area contributed by atoms with E-state index >= 15 is 0 Å². The molecule has 0 aliphatic heterocycles. The Kier molecular flexibility index (Phi) is 2.12. The van der Waals surface area contributed by atoms with Crippen molar-refractivity contribution in [1.82, 2.24) is 9.78 Å². The van der Waals surface area contributed by atoms with Gasteiger partial charge in [0.15, 0.2) is 0 Å². The lowest BCUT2D eigenvalue weighted by Gasteiger charge is -2.12. The predicted molar refractivity (Wildman–Crippen MR) is 53.7 cm³/mol. The van der Waals surface area contributed by atoms with Gasteiger partial charge in [0.2, 0.25) is 0 Å². The number of rotatable bonds is 3. The van der Waals surface area contributed by atoms with Crippen molar-refractivity contribution in [3.8, 4) is 0 Å². The highest BCUT2D eigenvalue weighted by Gasteiger charge is 2.40. The van der Waals surface area contributed by atoms with Crippen LogP contribution in [0.25, 0.3) is 0 Å². The van der Waals surface area contributed by atoms with Crippen LogP contribution < -0.4 is 5.73 Å². The van der Waals surface area contributed by atoms with Gasteiger partial charge in [-0.25, -0.2) is 0 Å². The zero-order chi connectivity index (χ0) is 10.3. The Hall–Kier alpha value is -0.870. The summed E-state index contributed by atoms with van der Waals surface area (Å²) in [7, 11) is 1.88. The average Bonchev–Trinajstić information content (AvgIpc) is 2.71. The molecule has 0 bridgehead atoms. The Morgan fingerprint density at radius 1 is 1.71 bits per heavy atom. The SMILES string of the molecule is Cc1cc(C(O)CC2(N)CC2)nn1C. The standard InChI is InChI=1S/C10H17N3O/c1-7-5-8(12-13(7)2)9(14)6-10(11)3-4-10/h5,9,14H,3-4,6,11H2,1-2H3. The summed E-state index contributed by atoms with van der Waals surface area (Å²) < 4.78 is 1.77. The molecule has 1 aromatic heterocycles. The fourth-order valence-corrected chi connectivity index (χ4v) is 1.61. The van der Waals surface area contributed by atoms with Gasteiger partial charge in [0.1, 0.15) is 0 Å². The normalized spacial score (nSPS) is 20.9. The van der Waals surface area contributed by atoms with Gasteiger partial charge in [0.25, 0.3) is 0 Å². The van der Waals surface area contributed by atoms with Gasteiger partial charge in [-0.15, -0.1) is 0 Å². The third-order valence-electron chi connectivity index (χ3n) is 2.97. The predicted octanol–water partition coefficient (Wildman–Crippen LogP) is 0.643. The molecule has 78 valence electrons. The lowest BCUT2D eigenvalue weighted by Crippen LogP contribution is -2.24. The number of aryl methyl sites for hydroxylation is 2. The summed E-state index contributed by atoms with van der Waals surface area (Å²) in [6.07, 6.45) is 2.16. The van der Waals surface area contributed by atoms with Crippen LogP contribution in [0.3, 0.4) is 0 Å². The van der Waals surface area contributed by atoms with E-state index in [4.69, 9.17) is 5.73 Å². The first kappa shape index (κ1) is 9.68. The zero-order valence-corrected chi connectivity index (χ0v) is 8.70. The molecule has 4 heteroatoms. The van der Waals surface area contributed by atoms with Gasteiger partial charge in [-0.3, -0.25) is 4.68 Å². The minimum Gasteiger partial charge on any atom is -0.387 e. The van der Waals surface area contributed by atoms with Crippen LogP contribution >= 0.6 is 0 Å². The molecule has 14 heavy (non-hydrogen) atoms. The number of nitrogens with two attached hydrogens (primary N) is 1. The number of aliphatic hydroxyl groups excluding tert-OH is 1. The number of hydrogen-bond acceptors (Lipinski definition) is 3. The summed E-state index contributed by atoms with van der Waals surface area (Å²) in [4.78, 5) is 0. The summed E-state index contributed by atoms with van der Waals surface area (Å²) in [5.41, 5.74) is 7.61. The number of aliphatic hydroxyl groups is 1. The van der Waals surface area contributed by atoms with E-state index in [-0.39, 0.29) is 5.54 Å². The first-order valence-electron chi connectivity index (χ1n) is 4.98. The highest BCUT2D eigenvalue weighted by Crippen LogP contribution is 2.39. The summed E-state index contributed by atoms with van der Waals surface area (Å²) in [5.74, 6) is 0. The maximum Gasteiger partial charge on any atom is 0.0995 e. The molecular weight excluding hydrogens is 178 g/mol. The van der Waals surface area contributed by atoms with E-state index in [1.165, 1.54) is 0 Å². The molecular formula is C10H17N3O. The first-order valence-corrected chi connectivity index (χ1v) is 4.98. The van der Waals surface area contributed by atoms with Gasteiger partial charge >= 0.3 is 0 Å². The van der Waals surface area contributed by atoms with Crippen LogP contribution in [0.4, 0.5) is 0 Å². The third kappa shape index (κ3) is 1.81. The van der Waals surface area contributed by atoms with E-state index in [1.807, 2.05) is 20.0 Å². The lowest BCUT2D eigenvalue weighted by atomic mass is 10.1. The monoisotopic (exact) mass is 195 g/mol. The summed E-state index contributed by atoms with van der Waals surface area (Å²) in [6, 6.07) is 1.91. The third-order valence-corrected chi connectivity index (χ3v) is 2.97. The van der Waals surface area contributed by atoms with Crippen molar-refractivity contribution >= 4 is 0 Å². The second-order valence-electron chi connectivity index (χ2n) is 4.42. The molecule has 1 aromatic rings. The van der Waals surface area contributed by atoms with E-state index < -0.39 is 6.10 Å². The molecule has 3 N–H and O–H groups in total. The van der Waals surface area contributed by atoms with Crippen molar-refractivity contribution in [1.29, 1.82) is 0 Å². The molecule has 0 amide bonds. The van der Waals surface area contributed by atoms with Crippen LogP contribution in [0, 0.1) is 6.92 Å². The van der Waals surface area contributed by atoms with E-state index in [9.17, 15) is 5.11 Å². The second kappa shape index (κ2) is 3.07. The van der Waals surface area contributed by atoms with Crippen molar-refractivity contribution < 1.29 is 5.11 Å². The van der Waals surface area contributed by atoms with E-state index in [0.717, 1.165) is 24.2 Å². The van der Waals surface area contributed by atoms with Gasteiger partial charge in [-0.1, -0.05) is 0 Å². The Bertz CT molecular complexity index is 322. The molecule has 1 aliphatic rings. The molecule has 4 nitrogen and oxygen atoms in total. The van der Waals surface area contributed by atoms with Crippen LogP contribution in [-0.2, 0) is 7.05 Å². The van der Waals surface area contributed by atoms with Crippen molar-refractivity contribution in [3.05, 3.63) is 17.5 Å². The van der Waals surface area contributed by atoms with Crippen molar-refractivity contribution in [2.45, 2.75) is 37.8 Å². The fraction of sp³-hybridized carbons (Fsp3) is 0.700. The number of nitrogens with zero attached hydrogens (tertiary/aromatic N) is 2. The Morgan fingerprint density at radius 2 is 2.36 bits per heavy atom. The van der Waals surface area contributed by atoms with Gasteiger partial charge in [0, 0.05) is 18.3 Å². The Balaban J connectivity index is 2.06. The molecule has 1 aliphatic carbocycles. The topological polar surface area (TPSA) is 64.1 Å². The van der Waals surface area contributed by atoms with Crippen molar-refractivity contribution in [2.24, 2.45) is 12.8 Å². The van der Waals surface area contributed by atoms with Gasteiger partial charge in [-0.2, -0.15) is 5.10 Å². The van der Waals surface area contributed by atoms with Gasteiger partial charge < -0.3 is 10.8 Å². The highest BCUT2D eigenvalue weighted by molar-refractivity contribution is 5.13. The summed E-state index contributed by atoms with van der Waals surface area (Å²) in [5, 5.41) is 14.1. The van der Waals surface area contributed by atoms with Gasteiger partial charge in [-0.05, 0) is 32.3 Å². The van der Waals surface area contributed by atoms with E-state index in [1.54, 1.807) is 4.68 Å². The Morgan fingerprint density at radius 3 is 2.79 bits per heavy atom. The Labute approximate surface area is 83.7 Å². The minimum absolute atomic E-state index is 0.120. The molecule has 0 saturated heterocycles. The molecule has 0 radical (unpaired) electrons. The maximum atomic E-state index is 9.88. The van der Waals surface area contributed by atoms with E-state index in [0.29, 0.717) is 6.42 Å². The second-order valence-corrected chi connectivity index (χ2v) is 4.42. The number of aromatic nitrogens is 2. The van der Waals surface area contributed by atoms with Crippen LogP contribution in [0.5, 0.6) is 0 Å². The van der Waals surface area contributed by atoms with Crippen LogP contribution in [0.2, 0.25) is 0 Å². The van der Waals surface area contributed by atoms with Crippen molar-refractivity contribution in [2.75, 3.05) is 0 Å². The van der Waals surface area contributed by atoms with Crippen molar-refractivity contribution in [3.63, 3.8) is 0 Å². The molecule has 1 atom stereocenters. The molecule has 1 saturated carbocycles.